The summed E-state index contributed by atoms with van der Waals surface area (Å²) in [5, 5.41) is 0. The number of halogens is 8. The van der Waals surface area contributed by atoms with E-state index in [1.165, 1.54) is 4.72 Å². The smallest absolute Gasteiger partial charge is 0.250 e. The van der Waals surface area contributed by atoms with Crippen molar-refractivity contribution in [2.75, 3.05) is 0 Å². The van der Waals surface area contributed by atoms with Crippen LogP contribution in [0.3, 0.4) is 0 Å². The van der Waals surface area contributed by atoms with Crippen LogP contribution in [0.25, 0.3) is 0 Å². The first-order valence-electron chi connectivity index (χ1n) is 9.73. The Labute approximate surface area is 194 Å². The fourth-order valence-corrected chi connectivity index (χ4v) is 6.87. The number of aromatic nitrogens is 1. The first kappa shape index (κ1) is 27.3. The molecule has 1 aromatic heterocycles. The van der Waals surface area contributed by atoms with Gasteiger partial charge in [0.1, 0.15) is 22.1 Å². The van der Waals surface area contributed by atoms with Gasteiger partial charge in [-0.3, -0.25) is 4.98 Å². The number of sulfonamides is 1. The van der Waals surface area contributed by atoms with Crippen LogP contribution in [0.4, 0.5) is 35.1 Å². The molecule has 1 N–H and O–H groups in total. The van der Waals surface area contributed by atoms with E-state index in [1.54, 1.807) is 0 Å². The van der Waals surface area contributed by atoms with E-state index in [2.05, 4.69) is 4.98 Å². The molecule has 0 atom stereocenters. The van der Waals surface area contributed by atoms with Crippen molar-refractivity contribution in [3.05, 3.63) is 59.4 Å². The van der Waals surface area contributed by atoms with Crippen molar-refractivity contribution in [2.45, 2.75) is 53.1 Å². The lowest BCUT2D eigenvalue weighted by molar-refractivity contribution is -0.141. The summed E-state index contributed by atoms with van der Waals surface area (Å²) in [6, 6.07) is 1.49. The largest absolute Gasteiger partial charge is 0.511 e. The van der Waals surface area contributed by atoms with Crippen LogP contribution in [-0.2, 0) is 30.8 Å². The first-order valence-corrected chi connectivity index (χ1v) is 12.7. The van der Waals surface area contributed by atoms with E-state index in [4.69, 9.17) is 0 Å². The zero-order valence-electron chi connectivity index (χ0n) is 17.3. The van der Waals surface area contributed by atoms with Crippen molar-refractivity contribution >= 4 is 19.9 Å². The molecule has 0 amide bonds. The molecule has 6 nitrogen and oxygen atoms in total. The van der Waals surface area contributed by atoms with Crippen molar-refractivity contribution in [3.63, 3.8) is 0 Å². The van der Waals surface area contributed by atoms with Crippen LogP contribution in [0, 0.1) is 11.6 Å². The van der Waals surface area contributed by atoms with Crippen LogP contribution in [0.2, 0.25) is 0 Å². The summed E-state index contributed by atoms with van der Waals surface area (Å²) >= 11 is 0. The van der Waals surface area contributed by atoms with Crippen LogP contribution in [0.5, 0.6) is 0 Å². The van der Waals surface area contributed by atoms with Gasteiger partial charge in [0, 0.05) is 17.8 Å². The van der Waals surface area contributed by atoms with Gasteiger partial charge >= 0.3 is 21.7 Å². The van der Waals surface area contributed by atoms with Gasteiger partial charge in [0.05, 0.1) is 4.90 Å². The van der Waals surface area contributed by atoms with Gasteiger partial charge in [-0.05, 0) is 56.0 Å². The summed E-state index contributed by atoms with van der Waals surface area (Å²) in [6.07, 6.45) is -6.88. The molecule has 194 valence electrons. The number of nitrogens with zero attached hydrogens (tertiary/aromatic N) is 1. The summed E-state index contributed by atoms with van der Waals surface area (Å²) in [4.78, 5) is 2.32. The second-order valence-corrected chi connectivity index (χ2v) is 11.8. The van der Waals surface area contributed by atoms with E-state index in [1.807, 2.05) is 0 Å². The quantitative estimate of drug-likeness (QED) is 0.555. The Balaban J connectivity index is 2.06. The summed E-state index contributed by atoms with van der Waals surface area (Å²) < 4.78 is 154. The third kappa shape index (κ3) is 5.14. The fourth-order valence-electron chi connectivity index (χ4n) is 3.95. The van der Waals surface area contributed by atoms with E-state index in [0.717, 1.165) is 0 Å². The summed E-state index contributed by atoms with van der Waals surface area (Å²) in [5.74, 6) is -2.22. The lowest BCUT2D eigenvalue weighted by atomic mass is 9.80. The number of hydrogen-bond acceptors (Lipinski definition) is 5. The maximum Gasteiger partial charge on any atom is 0.511 e. The minimum absolute atomic E-state index is 0.381. The Morgan fingerprint density at radius 1 is 0.914 bits per heavy atom. The highest BCUT2D eigenvalue weighted by atomic mass is 32.2. The number of sulfone groups is 1. The van der Waals surface area contributed by atoms with Crippen LogP contribution < -0.4 is 4.72 Å². The van der Waals surface area contributed by atoms with E-state index < -0.39 is 95.8 Å². The lowest BCUT2D eigenvalue weighted by Gasteiger charge is -2.40. The second-order valence-electron chi connectivity index (χ2n) is 7.84. The fraction of sp³-hybridized carbons (Fsp3) is 0.421. The summed E-state index contributed by atoms with van der Waals surface area (Å²) in [7, 11) is -10.6. The van der Waals surface area contributed by atoms with Crippen molar-refractivity contribution in [1.82, 2.24) is 9.71 Å². The molecule has 1 saturated carbocycles. The Morgan fingerprint density at radius 2 is 1.51 bits per heavy atom. The third-order valence-electron chi connectivity index (χ3n) is 5.69. The predicted molar refractivity (Wildman–Crippen MR) is 105 cm³/mol. The number of pyridine rings is 1. The van der Waals surface area contributed by atoms with Crippen LogP contribution in [0.1, 0.15) is 36.9 Å². The molecule has 0 radical (unpaired) electrons. The third-order valence-corrected chi connectivity index (χ3v) is 9.46. The molecular formula is C19H16F8N2O4S2. The SMILES string of the molecule is O=S(=O)(N[C@H]1CC[C@@](c2cc(F)ccc2F)(S(=O)(=O)c2ccc(C(F)(F)F)nc2)CC1)C(F)(F)F. The van der Waals surface area contributed by atoms with Gasteiger partial charge in [0.2, 0.25) is 0 Å². The van der Waals surface area contributed by atoms with Crippen molar-refractivity contribution in [2.24, 2.45) is 0 Å². The van der Waals surface area contributed by atoms with Gasteiger partial charge in [0.15, 0.2) is 9.84 Å². The van der Waals surface area contributed by atoms with Crippen LogP contribution in [0.15, 0.2) is 41.4 Å². The van der Waals surface area contributed by atoms with E-state index in [0.29, 0.717) is 36.5 Å². The molecule has 0 bridgehead atoms. The number of benzene rings is 1. The van der Waals surface area contributed by atoms with E-state index in [-0.39, 0.29) is 0 Å². The Morgan fingerprint density at radius 3 is 2.00 bits per heavy atom. The van der Waals surface area contributed by atoms with E-state index >= 15 is 0 Å². The molecule has 0 spiro atoms. The number of nitrogens with one attached hydrogen (secondary N) is 1. The monoisotopic (exact) mass is 552 g/mol. The molecule has 1 aliphatic rings. The Bertz CT molecular complexity index is 1300. The molecule has 0 unspecified atom stereocenters. The van der Waals surface area contributed by atoms with Gasteiger partial charge in [0.25, 0.3) is 0 Å². The lowest BCUT2D eigenvalue weighted by Crippen LogP contribution is -2.48. The molecule has 35 heavy (non-hydrogen) atoms. The van der Waals surface area contributed by atoms with Crippen molar-refractivity contribution < 1.29 is 52.0 Å². The van der Waals surface area contributed by atoms with Crippen LogP contribution in [-0.4, -0.2) is 33.4 Å². The highest BCUT2D eigenvalue weighted by molar-refractivity contribution is 7.92. The Kier molecular flexibility index (Phi) is 6.98. The molecular weight excluding hydrogens is 536 g/mol. The van der Waals surface area contributed by atoms with E-state index in [9.17, 15) is 52.0 Å². The molecule has 1 fully saturated rings. The highest BCUT2D eigenvalue weighted by Gasteiger charge is 2.52. The molecule has 0 aliphatic heterocycles. The molecule has 0 saturated heterocycles. The first-order chi connectivity index (χ1) is 15.9. The maximum atomic E-state index is 14.7. The zero-order valence-corrected chi connectivity index (χ0v) is 18.9. The van der Waals surface area contributed by atoms with Gasteiger partial charge in [-0.25, -0.2) is 30.3 Å². The highest BCUT2D eigenvalue weighted by Crippen LogP contribution is 2.48. The molecule has 1 heterocycles. The molecule has 3 rings (SSSR count). The van der Waals surface area contributed by atoms with Gasteiger partial charge < -0.3 is 0 Å². The molecule has 1 aliphatic carbocycles. The summed E-state index contributed by atoms with van der Waals surface area (Å²) in [6.45, 7) is 0. The van der Waals surface area contributed by atoms with Gasteiger partial charge in [-0.15, -0.1) is 0 Å². The second kappa shape index (κ2) is 8.96. The molecule has 16 heteroatoms. The van der Waals surface area contributed by atoms with Crippen molar-refractivity contribution in [3.8, 4) is 0 Å². The average molecular weight is 552 g/mol. The predicted octanol–water partition coefficient (Wildman–Crippen LogP) is 4.43. The normalized spacial score (nSPS) is 22.2. The topological polar surface area (TPSA) is 93.2 Å². The van der Waals surface area contributed by atoms with Gasteiger partial charge in [-0.2, -0.15) is 26.3 Å². The minimum atomic E-state index is -5.77. The molecule has 2 aromatic rings. The van der Waals surface area contributed by atoms with Gasteiger partial charge in [-0.1, -0.05) is 0 Å². The number of rotatable bonds is 5. The average Bonchev–Trinajstić information content (AvgIpc) is 2.74. The number of hydrogen-bond donors (Lipinski definition) is 1. The number of alkyl halides is 6. The molecule has 1 aromatic carbocycles. The minimum Gasteiger partial charge on any atom is -0.250 e. The summed E-state index contributed by atoms with van der Waals surface area (Å²) in [5.41, 5.74) is -7.73. The van der Waals surface area contributed by atoms with Crippen molar-refractivity contribution in [1.29, 1.82) is 0 Å². The zero-order chi connectivity index (χ0) is 26.4. The maximum absolute atomic E-state index is 14.7. The standard InChI is InChI=1S/C19H16F8N2O4S2/c20-11-1-3-15(21)14(9-11)17(7-5-12(6-8-17)29-35(32,33)19(25,26)27)34(30,31)13-2-4-16(28-10-13)18(22,23)24/h1-4,9-10,12,29H,5-8H2/t12-,17+. The Hall–Kier alpha value is -2.33. The van der Waals surface area contributed by atoms with Crippen LogP contribution >= 0.6 is 0 Å².